The molecule has 2 aliphatic rings. The smallest absolute Gasteiger partial charge is 0.260 e. The Hall–Kier alpha value is -2.08. The first-order valence-electron chi connectivity index (χ1n) is 9.34. The van der Waals surface area contributed by atoms with E-state index < -0.39 is 0 Å². The maximum atomic E-state index is 12.6. The van der Waals surface area contributed by atoms with Gasteiger partial charge in [-0.15, -0.1) is 0 Å². The predicted octanol–water partition coefficient (Wildman–Crippen LogP) is 1.94. The molecule has 6 nitrogen and oxygen atoms in total. The fourth-order valence-corrected chi connectivity index (χ4v) is 4.01. The highest BCUT2D eigenvalue weighted by Gasteiger charge is 2.42. The number of ether oxygens (including phenoxy) is 2. The number of likely N-dealkylation sites (tertiary alicyclic amines) is 2. The molecule has 26 heavy (non-hydrogen) atoms. The minimum atomic E-state index is 0.0162. The van der Waals surface area contributed by atoms with Gasteiger partial charge in [-0.25, -0.2) is 0 Å². The average molecular weight is 360 g/mol. The summed E-state index contributed by atoms with van der Waals surface area (Å²) in [5, 5.41) is 0. The predicted molar refractivity (Wildman–Crippen MR) is 97.9 cm³/mol. The minimum absolute atomic E-state index is 0.0162. The van der Waals surface area contributed by atoms with Gasteiger partial charge in [0.1, 0.15) is 5.75 Å². The van der Waals surface area contributed by atoms with Crippen LogP contribution < -0.4 is 4.74 Å². The molecule has 2 aliphatic heterocycles. The van der Waals surface area contributed by atoms with Gasteiger partial charge in [0.2, 0.25) is 5.91 Å². The van der Waals surface area contributed by atoms with Crippen LogP contribution >= 0.6 is 0 Å². The summed E-state index contributed by atoms with van der Waals surface area (Å²) < 4.78 is 10.7. The van der Waals surface area contributed by atoms with Gasteiger partial charge in [-0.2, -0.15) is 0 Å². The summed E-state index contributed by atoms with van der Waals surface area (Å²) in [4.78, 5) is 28.6. The molecule has 2 heterocycles. The molecule has 1 atom stereocenters. The molecular formula is C20H28N2O4. The molecule has 0 N–H and O–H groups in total. The van der Waals surface area contributed by atoms with Gasteiger partial charge in [0, 0.05) is 45.1 Å². The summed E-state index contributed by atoms with van der Waals surface area (Å²) >= 11 is 0. The maximum absolute atomic E-state index is 12.6. The van der Waals surface area contributed by atoms with Crippen LogP contribution in [-0.2, 0) is 14.3 Å². The number of carbonyl (C=O) groups is 2. The quantitative estimate of drug-likeness (QED) is 0.778. The number of piperidine rings is 2. The van der Waals surface area contributed by atoms with Gasteiger partial charge < -0.3 is 19.3 Å². The molecular weight excluding hydrogens is 332 g/mol. The van der Waals surface area contributed by atoms with Gasteiger partial charge in [0.25, 0.3) is 5.91 Å². The van der Waals surface area contributed by atoms with E-state index in [1.54, 1.807) is 7.11 Å². The molecule has 6 heteroatoms. The van der Waals surface area contributed by atoms with Crippen molar-refractivity contribution in [1.82, 2.24) is 9.80 Å². The standard InChI is InChI=1S/C20H28N2O4/c1-25-13-12-22-16-20(10-8-18(22)23)9-5-11-21(15-20)19(24)14-26-17-6-3-2-4-7-17/h2-4,6-7H,5,8-16H2,1H3/t20-/m1/s1. The van der Waals surface area contributed by atoms with Crippen LogP contribution in [0.3, 0.4) is 0 Å². The van der Waals surface area contributed by atoms with E-state index in [-0.39, 0.29) is 23.8 Å². The summed E-state index contributed by atoms with van der Waals surface area (Å²) in [5.74, 6) is 0.929. The van der Waals surface area contributed by atoms with Crippen LogP contribution in [0.1, 0.15) is 25.7 Å². The zero-order valence-corrected chi connectivity index (χ0v) is 15.5. The van der Waals surface area contributed by atoms with Gasteiger partial charge in [-0.05, 0) is 31.4 Å². The van der Waals surface area contributed by atoms with Crippen molar-refractivity contribution >= 4 is 11.8 Å². The number of hydrogen-bond acceptors (Lipinski definition) is 4. The lowest BCUT2D eigenvalue weighted by atomic mass is 9.73. The van der Waals surface area contributed by atoms with Crippen molar-refractivity contribution in [1.29, 1.82) is 0 Å². The Morgan fingerprint density at radius 3 is 2.77 bits per heavy atom. The summed E-state index contributed by atoms with van der Waals surface area (Å²) in [7, 11) is 1.65. The first kappa shape index (κ1) is 18.7. The Morgan fingerprint density at radius 1 is 1.19 bits per heavy atom. The summed E-state index contributed by atoms with van der Waals surface area (Å²) in [6.07, 6.45) is 3.46. The Kier molecular flexibility index (Phi) is 6.14. The Balaban J connectivity index is 1.57. The number of benzene rings is 1. The van der Waals surface area contributed by atoms with E-state index >= 15 is 0 Å². The van der Waals surface area contributed by atoms with Crippen molar-refractivity contribution in [2.24, 2.45) is 5.41 Å². The lowest BCUT2D eigenvalue weighted by Gasteiger charge is -2.48. The van der Waals surface area contributed by atoms with Crippen molar-refractivity contribution < 1.29 is 19.1 Å². The second kappa shape index (κ2) is 8.54. The van der Waals surface area contributed by atoms with Gasteiger partial charge >= 0.3 is 0 Å². The Bertz CT molecular complexity index is 621. The third-order valence-electron chi connectivity index (χ3n) is 5.43. The first-order valence-corrected chi connectivity index (χ1v) is 9.34. The summed E-state index contributed by atoms with van der Waals surface area (Å²) in [5.41, 5.74) is 0.0162. The van der Waals surface area contributed by atoms with E-state index in [1.807, 2.05) is 40.1 Å². The highest BCUT2D eigenvalue weighted by Crippen LogP contribution is 2.38. The van der Waals surface area contributed by atoms with Crippen molar-refractivity contribution in [3.05, 3.63) is 30.3 Å². The maximum Gasteiger partial charge on any atom is 0.260 e. The number of carbonyl (C=O) groups excluding carboxylic acids is 2. The molecule has 0 unspecified atom stereocenters. The summed E-state index contributed by atoms with van der Waals surface area (Å²) in [6, 6.07) is 9.41. The molecule has 2 amide bonds. The normalized spacial score (nSPS) is 23.3. The van der Waals surface area contributed by atoms with Crippen LogP contribution in [-0.4, -0.2) is 68.1 Å². The van der Waals surface area contributed by atoms with Crippen molar-refractivity contribution in [3.63, 3.8) is 0 Å². The van der Waals surface area contributed by atoms with E-state index in [4.69, 9.17) is 9.47 Å². The molecule has 1 aromatic rings. The van der Waals surface area contributed by atoms with E-state index in [0.29, 0.717) is 31.9 Å². The van der Waals surface area contributed by atoms with Crippen LogP contribution in [0.25, 0.3) is 0 Å². The minimum Gasteiger partial charge on any atom is -0.484 e. The monoisotopic (exact) mass is 360 g/mol. The lowest BCUT2D eigenvalue weighted by molar-refractivity contribution is -0.144. The second-order valence-electron chi connectivity index (χ2n) is 7.33. The third kappa shape index (κ3) is 4.55. The number of methoxy groups -OCH3 is 1. The molecule has 0 aliphatic carbocycles. The van der Waals surface area contributed by atoms with Crippen molar-refractivity contribution in [2.45, 2.75) is 25.7 Å². The number of nitrogens with zero attached hydrogens (tertiary/aromatic N) is 2. The Morgan fingerprint density at radius 2 is 2.00 bits per heavy atom. The lowest BCUT2D eigenvalue weighted by Crippen LogP contribution is -2.56. The van der Waals surface area contributed by atoms with E-state index in [9.17, 15) is 9.59 Å². The molecule has 0 saturated carbocycles. The molecule has 1 aromatic carbocycles. The van der Waals surface area contributed by atoms with Crippen LogP contribution in [0.15, 0.2) is 30.3 Å². The van der Waals surface area contributed by atoms with E-state index in [0.717, 1.165) is 32.4 Å². The molecule has 0 bridgehead atoms. The van der Waals surface area contributed by atoms with E-state index in [1.165, 1.54) is 0 Å². The largest absolute Gasteiger partial charge is 0.484 e. The molecule has 0 radical (unpaired) electrons. The first-order chi connectivity index (χ1) is 12.6. The zero-order valence-electron chi connectivity index (χ0n) is 15.5. The number of hydrogen-bond donors (Lipinski definition) is 0. The molecule has 142 valence electrons. The fourth-order valence-electron chi connectivity index (χ4n) is 4.01. The average Bonchev–Trinajstić information content (AvgIpc) is 2.68. The second-order valence-corrected chi connectivity index (χ2v) is 7.33. The van der Waals surface area contributed by atoms with Gasteiger partial charge in [0.05, 0.1) is 6.61 Å². The van der Waals surface area contributed by atoms with Crippen LogP contribution in [0.5, 0.6) is 5.75 Å². The van der Waals surface area contributed by atoms with Gasteiger partial charge in [-0.3, -0.25) is 9.59 Å². The topological polar surface area (TPSA) is 59.1 Å². The SMILES string of the molecule is COCCN1C[C@]2(CCCN(C(=O)COc3ccccc3)C2)CCC1=O. The fraction of sp³-hybridized carbons (Fsp3) is 0.600. The molecule has 1 spiro atoms. The Labute approximate surface area is 155 Å². The van der Waals surface area contributed by atoms with Crippen LogP contribution in [0.2, 0.25) is 0 Å². The summed E-state index contributed by atoms with van der Waals surface area (Å²) in [6.45, 7) is 3.44. The zero-order chi connectivity index (χ0) is 18.4. The third-order valence-corrected chi connectivity index (χ3v) is 5.43. The molecule has 2 saturated heterocycles. The van der Waals surface area contributed by atoms with Gasteiger partial charge in [-0.1, -0.05) is 18.2 Å². The molecule has 3 rings (SSSR count). The van der Waals surface area contributed by atoms with E-state index in [2.05, 4.69) is 0 Å². The number of amides is 2. The highest BCUT2D eigenvalue weighted by atomic mass is 16.5. The van der Waals surface area contributed by atoms with Crippen LogP contribution in [0.4, 0.5) is 0 Å². The molecule has 2 fully saturated rings. The number of rotatable bonds is 6. The van der Waals surface area contributed by atoms with Crippen molar-refractivity contribution in [2.75, 3.05) is 46.5 Å². The van der Waals surface area contributed by atoms with Gasteiger partial charge in [0.15, 0.2) is 6.61 Å². The highest BCUT2D eigenvalue weighted by molar-refractivity contribution is 5.79. The number of para-hydroxylation sites is 1. The van der Waals surface area contributed by atoms with Crippen molar-refractivity contribution in [3.8, 4) is 5.75 Å². The molecule has 0 aromatic heterocycles. The van der Waals surface area contributed by atoms with Crippen LogP contribution in [0, 0.1) is 5.41 Å².